The topological polar surface area (TPSA) is 81.5 Å². The molecule has 0 spiro atoms. The fourth-order valence-electron chi connectivity index (χ4n) is 2.60. The van der Waals surface area contributed by atoms with Crippen LogP contribution in [0.1, 0.15) is 11.1 Å². The van der Waals surface area contributed by atoms with Gasteiger partial charge in [-0.1, -0.05) is 23.9 Å². The average Bonchev–Trinajstić information content (AvgIpc) is 2.71. The van der Waals surface area contributed by atoms with E-state index < -0.39 is 4.92 Å². The number of hydrogen-bond acceptors (Lipinski definition) is 5. The fourth-order valence-corrected chi connectivity index (χ4v) is 3.42. The van der Waals surface area contributed by atoms with E-state index in [9.17, 15) is 14.9 Å². The lowest BCUT2D eigenvalue weighted by Crippen LogP contribution is -2.20. The Hall–Kier alpha value is -3.32. The number of nitrogens with one attached hydrogen (secondary N) is 1. The number of hydrogen-bond donors (Lipinski definition) is 1. The van der Waals surface area contributed by atoms with Crippen LogP contribution in [0.5, 0.6) is 5.75 Å². The molecule has 1 N–H and O–H groups in total. The summed E-state index contributed by atoms with van der Waals surface area (Å²) in [7, 11) is 0. The zero-order valence-electron chi connectivity index (χ0n) is 16.0. The van der Waals surface area contributed by atoms with Crippen LogP contribution < -0.4 is 10.1 Å². The number of ether oxygens (including phenoxy) is 1. The SMILES string of the molecule is Cc1cccc(OCC(=O)Nc2ccc(Sc3ccc([N+](=O)[O-])cc3)cc2)c1C. The van der Waals surface area contributed by atoms with E-state index in [0.717, 1.165) is 20.9 Å². The highest BCUT2D eigenvalue weighted by atomic mass is 32.2. The summed E-state index contributed by atoms with van der Waals surface area (Å²) in [6.45, 7) is 3.89. The van der Waals surface area contributed by atoms with Gasteiger partial charge in [0.1, 0.15) is 5.75 Å². The Morgan fingerprint density at radius 3 is 2.24 bits per heavy atom. The van der Waals surface area contributed by atoms with E-state index >= 15 is 0 Å². The van der Waals surface area contributed by atoms with Gasteiger partial charge < -0.3 is 10.1 Å². The quantitative estimate of drug-likeness (QED) is 0.419. The molecule has 3 aromatic carbocycles. The summed E-state index contributed by atoms with van der Waals surface area (Å²) in [6.07, 6.45) is 0. The van der Waals surface area contributed by atoms with Crippen molar-refractivity contribution in [2.75, 3.05) is 11.9 Å². The first-order valence-electron chi connectivity index (χ1n) is 8.93. The Morgan fingerprint density at radius 2 is 1.62 bits per heavy atom. The average molecular weight is 408 g/mol. The van der Waals surface area contributed by atoms with Crippen molar-refractivity contribution in [1.82, 2.24) is 0 Å². The van der Waals surface area contributed by atoms with Gasteiger partial charge in [-0.3, -0.25) is 14.9 Å². The monoisotopic (exact) mass is 408 g/mol. The Kier molecular flexibility index (Phi) is 6.51. The third-order valence-electron chi connectivity index (χ3n) is 4.34. The molecule has 0 heterocycles. The van der Waals surface area contributed by atoms with Crippen LogP contribution in [0.2, 0.25) is 0 Å². The van der Waals surface area contributed by atoms with Crippen LogP contribution >= 0.6 is 11.8 Å². The van der Waals surface area contributed by atoms with Gasteiger partial charge in [-0.15, -0.1) is 0 Å². The highest BCUT2D eigenvalue weighted by Crippen LogP contribution is 2.29. The molecule has 0 aliphatic heterocycles. The van der Waals surface area contributed by atoms with E-state index in [4.69, 9.17) is 4.74 Å². The number of aryl methyl sites for hydroxylation is 1. The van der Waals surface area contributed by atoms with Crippen LogP contribution in [0.3, 0.4) is 0 Å². The molecule has 1 amide bonds. The van der Waals surface area contributed by atoms with Crippen molar-refractivity contribution in [2.24, 2.45) is 0 Å². The van der Waals surface area contributed by atoms with Crippen LogP contribution in [0.4, 0.5) is 11.4 Å². The molecule has 0 atom stereocenters. The Morgan fingerprint density at radius 1 is 1.00 bits per heavy atom. The predicted octanol–water partition coefficient (Wildman–Crippen LogP) is 5.38. The van der Waals surface area contributed by atoms with Gasteiger partial charge in [-0.25, -0.2) is 0 Å². The predicted molar refractivity (Wildman–Crippen MR) is 114 cm³/mol. The van der Waals surface area contributed by atoms with Gasteiger partial charge in [-0.2, -0.15) is 0 Å². The second kappa shape index (κ2) is 9.25. The molecule has 3 rings (SSSR count). The van der Waals surface area contributed by atoms with E-state index in [0.29, 0.717) is 11.4 Å². The van der Waals surface area contributed by atoms with Crippen molar-refractivity contribution in [3.8, 4) is 5.75 Å². The lowest BCUT2D eigenvalue weighted by Gasteiger charge is -2.11. The molecule has 29 heavy (non-hydrogen) atoms. The summed E-state index contributed by atoms with van der Waals surface area (Å²) in [5.74, 6) is 0.469. The number of non-ortho nitro benzene ring substituents is 1. The minimum atomic E-state index is -0.421. The van der Waals surface area contributed by atoms with Gasteiger partial charge in [0.25, 0.3) is 11.6 Å². The van der Waals surface area contributed by atoms with Gasteiger partial charge in [0.15, 0.2) is 6.61 Å². The maximum atomic E-state index is 12.1. The smallest absolute Gasteiger partial charge is 0.269 e. The first-order chi connectivity index (χ1) is 13.9. The van der Waals surface area contributed by atoms with E-state index in [2.05, 4.69) is 5.32 Å². The second-order valence-electron chi connectivity index (χ2n) is 6.41. The summed E-state index contributed by atoms with van der Waals surface area (Å²) in [5, 5.41) is 13.5. The molecule has 148 valence electrons. The van der Waals surface area contributed by atoms with Gasteiger partial charge >= 0.3 is 0 Å². The van der Waals surface area contributed by atoms with Crippen molar-refractivity contribution >= 4 is 29.0 Å². The van der Waals surface area contributed by atoms with Gasteiger partial charge in [0.2, 0.25) is 0 Å². The van der Waals surface area contributed by atoms with Gasteiger partial charge in [0, 0.05) is 27.6 Å². The maximum Gasteiger partial charge on any atom is 0.269 e. The number of carbonyl (C=O) groups excluding carboxylic acids is 1. The Labute approximate surface area is 173 Å². The van der Waals surface area contributed by atoms with E-state index in [1.54, 1.807) is 12.1 Å². The maximum absolute atomic E-state index is 12.1. The number of rotatable bonds is 7. The molecule has 0 aliphatic rings. The number of benzene rings is 3. The van der Waals surface area contributed by atoms with Crippen LogP contribution in [-0.4, -0.2) is 17.4 Å². The van der Waals surface area contributed by atoms with E-state index in [1.165, 1.54) is 23.9 Å². The van der Waals surface area contributed by atoms with E-state index in [-0.39, 0.29) is 18.2 Å². The van der Waals surface area contributed by atoms with Crippen LogP contribution in [0, 0.1) is 24.0 Å². The number of anilines is 1. The van der Waals surface area contributed by atoms with Crippen LogP contribution in [0.15, 0.2) is 76.5 Å². The molecular formula is C22H20N2O4S. The molecule has 0 unspecified atom stereocenters. The molecule has 0 saturated carbocycles. The summed E-state index contributed by atoms with van der Waals surface area (Å²) in [5.41, 5.74) is 2.88. The molecule has 6 nitrogen and oxygen atoms in total. The highest BCUT2D eigenvalue weighted by Gasteiger charge is 2.08. The number of nitro benzene ring substituents is 1. The van der Waals surface area contributed by atoms with Crippen molar-refractivity contribution < 1.29 is 14.5 Å². The zero-order chi connectivity index (χ0) is 20.8. The largest absolute Gasteiger partial charge is 0.483 e. The fraction of sp³-hybridized carbons (Fsp3) is 0.136. The molecule has 0 bridgehead atoms. The molecule has 0 radical (unpaired) electrons. The van der Waals surface area contributed by atoms with Crippen molar-refractivity contribution in [3.05, 3.63) is 88.0 Å². The molecule has 0 aliphatic carbocycles. The third-order valence-corrected chi connectivity index (χ3v) is 5.35. The Balaban J connectivity index is 1.53. The number of nitro groups is 1. The lowest BCUT2D eigenvalue weighted by molar-refractivity contribution is -0.384. The molecule has 3 aromatic rings. The molecule has 0 fully saturated rings. The van der Waals surface area contributed by atoms with Crippen molar-refractivity contribution in [2.45, 2.75) is 23.6 Å². The number of nitrogens with zero attached hydrogens (tertiary/aromatic N) is 1. The summed E-state index contributed by atoms with van der Waals surface area (Å²) < 4.78 is 5.62. The molecule has 0 saturated heterocycles. The first kappa shape index (κ1) is 20.4. The van der Waals surface area contributed by atoms with Gasteiger partial charge in [-0.05, 0) is 67.4 Å². The molecular weight excluding hydrogens is 388 g/mol. The van der Waals surface area contributed by atoms with Crippen molar-refractivity contribution in [1.29, 1.82) is 0 Å². The lowest BCUT2D eigenvalue weighted by atomic mass is 10.1. The number of amides is 1. The first-order valence-corrected chi connectivity index (χ1v) is 9.75. The molecule has 0 aromatic heterocycles. The highest BCUT2D eigenvalue weighted by molar-refractivity contribution is 7.99. The summed E-state index contributed by atoms with van der Waals surface area (Å²) in [4.78, 5) is 24.3. The second-order valence-corrected chi connectivity index (χ2v) is 7.56. The minimum Gasteiger partial charge on any atom is -0.483 e. The number of carbonyl (C=O) groups is 1. The van der Waals surface area contributed by atoms with Crippen molar-refractivity contribution in [3.63, 3.8) is 0 Å². The zero-order valence-corrected chi connectivity index (χ0v) is 16.9. The van der Waals surface area contributed by atoms with Crippen LogP contribution in [-0.2, 0) is 4.79 Å². The van der Waals surface area contributed by atoms with Gasteiger partial charge in [0.05, 0.1) is 4.92 Å². The summed E-state index contributed by atoms with van der Waals surface area (Å²) >= 11 is 1.49. The standard InChI is InChI=1S/C22H20N2O4S/c1-15-4-3-5-21(16(15)2)28-14-22(25)23-17-6-10-19(11-7-17)29-20-12-8-18(9-13-20)24(26)27/h3-13H,14H2,1-2H3,(H,23,25). The van der Waals surface area contributed by atoms with Crippen LogP contribution in [0.25, 0.3) is 0 Å². The summed E-state index contributed by atoms with van der Waals surface area (Å²) in [6, 6.07) is 19.5. The molecule has 7 heteroatoms. The Bertz CT molecular complexity index is 1020. The third kappa shape index (κ3) is 5.58. The normalized spacial score (nSPS) is 10.4. The minimum absolute atomic E-state index is 0.0653. The van der Waals surface area contributed by atoms with E-state index in [1.807, 2.05) is 56.3 Å².